The first-order valence-electron chi connectivity index (χ1n) is 7.52. The zero-order chi connectivity index (χ0) is 14.9. The molecule has 1 unspecified atom stereocenters. The molecule has 0 aromatic heterocycles. The zero-order valence-electron chi connectivity index (χ0n) is 12.9. The summed E-state index contributed by atoms with van der Waals surface area (Å²) in [7, 11) is 0. The first-order valence-corrected chi connectivity index (χ1v) is 7.52. The van der Waals surface area contributed by atoms with Crippen molar-refractivity contribution in [2.24, 2.45) is 0 Å². The predicted octanol–water partition coefficient (Wildman–Crippen LogP) is 4.45. The number of benzene rings is 2. The van der Waals surface area contributed by atoms with E-state index in [0.717, 1.165) is 18.8 Å². The van der Waals surface area contributed by atoms with Crippen molar-refractivity contribution in [1.29, 1.82) is 0 Å². The third kappa shape index (κ3) is 2.96. The maximum absolute atomic E-state index is 5.72. The van der Waals surface area contributed by atoms with E-state index in [4.69, 9.17) is 9.47 Å². The summed E-state index contributed by atoms with van der Waals surface area (Å²) < 4.78 is 11.0. The highest BCUT2D eigenvalue weighted by molar-refractivity contribution is 5.40. The number of ether oxygens (including phenoxy) is 2. The molecule has 0 saturated carbocycles. The Kier molecular flexibility index (Phi) is 3.73. The number of hydrogen-bond acceptors (Lipinski definition) is 2. The Hall–Kier alpha value is -1.80. The lowest BCUT2D eigenvalue weighted by molar-refractivity contribution is -0.165. The first-order chi connectivity index (χ1) is 10.1. The van der Waals surface area contributed by atoms with Gasteiger partial charge in [-0.3, -0.25) is 0 Å². The topological polar surface area (TPSA) is 18.5 Å². The highest BCUT2D eigenvalue weighted by Gasteiger charge is 2.24. The van der Waals surface area contributed by atoms with Gasteiger partial charge in [-0.2, -0.15) is 0 Å². The van der Waals surface area contributed by atoms with Crippen LogP contribution in [-0.2, 0) is 10.2 Å². The van der Waals surface area contributed by atoms with E-state index >= 15 is 0 Å². The van der Waals surface area contributed by atoms with Crippen molar-refractivity contribution in [2.75, 3.05) is 6.61 Å². The molecule has 0 radical (unpaired) electrons. The Balaban J connectivity index is 1.79. The molecule has 2 nitrogen and oxygen atoms in total. The summed E-state index contributed by atoms with van der Waals surface area (Å²) >= 11 is 0. The molecule has 0 spiro atoms. The molecule has 2 aromatic rings. The van der Waals surface area contributed by atoms with Crippen LogP contribution >= 0.6 is 0 Å². The summed E-state index contributed by atoms with van der Waals surface area (Å²) in [4.78, 5) is 0. The van der Waals surface area contributed by atoms with Crippen molar-refractivity contribution in [3.05, 3.63) is 65.2 Å². The van der Waals surface area contributed by atoms with Crippen LogP contribution in [0.1, 0.15) is 37.0 Å². The molecule has 1 heterocycles. The Morgan fingerprint density at radius 2 is 1.48 bits per heavy atom. The van der Waals surface area contributed by atoms with Crippen LogP contribution in [0.25, 0.3) is 0 Å². The van der Waals surface area contributed by atoms with Crippen LogP contribution in [-0.4, -0.2) is 12.9 Å². The maximum atomic E-state index is 5.72. The minimum absolute atomic E-state index is 0.0147. The zero-order valence-corrected chi connectivity index (χ0v) is 12.9. The summed E-state index contributed by atoms with van der Waals surface area (Å²) in [5.41, 5.74) is 3.88. The summed E-state index contributed by atoms with van der Waals surface area (Å²) in [5.74, 6) is 0.878. The van der Waals surface area contributed by atoms with Gasteiger partial charge in [0.2, 0.25) is 6.29 Å². The fraction of sp³-hybridized carbons (Fsp3) is 0.368. The molecular weight excluding hydrogens is 260 g/mol. The largest absolute Gasteiger partial charge is 0.465 e. The van der Waals surface area contributed by atoms with Crippen molar-refractivity contribution in [2.45, 2.75) is 38.9 Å². The first kappa shape index (κ1) is 14.2. The van der Waals surface area contributed by atoms with E-state index in [2.05, 4.69) is 57.2 Å². The molecule has 2 heteroatoms. The van der Waals surface area contributed by atoms with E-state index in [1.807, 2.05) is 12.1 Å². The van der Waals surface area contributed by atoms with E-state index < -0.39 is 0 Å². The van der Waals surface area contributed by atoms with Gasteiger partial charge in [0.05, 0.1) is 6.61 Å². The average Bonchev–Trinajstić information content (AvgIpc) is 2.44. The van der Waals surface area contributed by atoms with E-state index in [1.54, 1.807) is 0 Å². The second-order valence-corrected chi connectivity index (χ2v) is 6.22. The molecule has 1 aliphatic rings. The lowest BCUT2D eigenvalue weighted by Gasteiger charge is -2.28. The van der Waals surface area contributed by atoms with Gasteiger partial charge in [-0.1, -0.05) is 55.8 Å². The fourth-order valence-electron chi connectivity index (χ4n) is 2.55. The maximum Gasteiger partial charge on any atom is 0.202 e. The van der Waals surface area contributed by atoms with Crippen LogP contribution in [0.2, 0.25) is 0 Å². The molecule has 0 aliphatic carbocycles. The molecule has 0 amide bonds. The SMILES string of the molecule is Cc1ccc(C(C)(C)c2ccc(OC3CCO3)cc2)cc1. The van der Waals surface area contributed by atoms with Gasteiger partial charge in [0.15, 0.2) is 0 Å². The third-order valence-corrected chi connectivity index (χ3v) is 4.27. The Morgan fingerprint density at radius 1 is 0.952 bits per heavy atom. The van der Waals surface area contributed by atoms with Gasteiger partial charge in [-0.15, -0.1) is 0 Å². The van der Waals surface area contributed by atoms with Gasteiger partial charge < -0.3 is 9.47 Å². The van der Waals surface area contributed by atoms with Crippen LogP contribution < -0.4 is 4.74 Å². The molecule has 1 atom stereocenters. The van der Waals surface area contributed by atoms with Crippen LogP contribution in [0.3, 0.4) is 0 Å². The molecule has 0 N–H and O–H groups in total. The van der Waals surface area contributed by atoms with Crippen LogP contribution in [0.15, 0.2) is 48.5 Å². The molecular formula is C19H22O2. The summed E-state index contributed by atoms with van der Waals surface area (Å²) in [6, 6.07) is 17.1. The van der Waals surface area contributed by atoms with E-state index in [0.29, 0.717) is 0 Å². The van der Waals surface area contributed by atoms with Gasteiger partial charge in [-0.25, -0.2) is 0 Å². The second-order valence-electron chi connectivity index (χ2n) is 6.22. The molecule has 110 valence electrons. The van der Waals surface area contributed by atoms with Crippen molar-refractivity contribution in [1.82, 2.24) is 0 Å². The summed E-state index contributed by atoms with van der Waals surface area (Å²) in [6.07, 6.45) is 0.928. The van der Waals surface area contributed by atoms with Crippen LogP contribution in [0, 0.1) is 6.92 Å². The van der Waals surface area contributed by atoms with Crippen LogP contribution in [0.4, 0.5) is 0 Å². The molecule has 0 bridgehead atoms. The van der Waals surface area contributed by atoms with Gasteiger partial charge in [0.1, 0.15) is 5.75 Å². The third-order valence-electron chi connectivity index (χ3n) is 4.27. The number of rotatable bonds is 4. The molecule has 1 fully saturated rings. The summed E-state index contributed by atoms with van der Waals surface area (Å²) in [5, 5.41) is 0. The second kappa shape index (κ2) is 5.53. The minimum Gasteiger partial charge on any atom is -0.465 e. The molecule has 21 heavy (non-hydrogen) atoms. The minimum atomic E-state index is -0.0547. The van der Waals surface area contributed by atoms with Gasteiger partial charge in [0, 0.05) is 11.8 Å². The molecule has 1 aliphatic heterocycles. The van der Waals surface area contributed by atoms with E-state index in [-0.39, 0.29) is 11.7 Å². The predicted molar refractivity (Wildman–Crippen MR) is 84.7 cm³/mol. The van der Waals surface area contributed by atoms with Crippen molar-refractivity contribution >= 4 is 0 Å². The van der Waals surface area contributed by atoms with Gasteiger partial charge >= 0.3 is 0 Å². The van der Waals surface area contributed by atoms with Crippen molar-refractivity contribution < 1.29 is 9.47 Å². The Bertz CT molecular complexity index is 592. The molecule has 3 rings (SSSR count). The number of hydrogen-bond donors (Lipinski definition) is 0. The average molecular weight is 282 g/mol. The number of aryl methyl sites for hydroxylation is 1. The van der Waals surface area contributed by atoms with Crippen molar-refractivity contribution in [3.8, 4) is 5.75 Å². The summed E-state index contributed by atoms with van der Waals surface area (Å²) in [6.45, 7) is 7.43. The van der Waals surface area contributed by atoms with Gasteiger partial charge in [-0.05, 0) is 30.2 Å². The monoisotopic (exact) mass is 282 g/mol. The normalized spacial score (nSPS) is 18.1. The Labute approximate surface area is 126 Å². The highest BCUT2D eigenvalue weighted by Crippen LogP contribution is 2.32. The van der Waals surface area contributed by atoms with Gasteiger partial charge in [0.25, 0.3) is 0 Å². The standard InChI is InChI=1S/C19H22O2/c1-14-4-6-15(7-5-14)19(2,3)16-8-10-17(11-9-16)21-18-12-13-20-18/h4-11,18H,12-13H2,1-3H3. The van der Waals surface area contributed by atoms with E-state index in [9.17, 15) is 0 Å². The van der Waals surface area contributed by atoms with E-state index in [1.165, 1.54) is 16.7 Å². The lowest BCUT2D eigenvalue weighted by Crippen LogP contribution is -2.32. The van der Waals surface area contributed by atoms with Crippen LogP contribution in [0.5, 0.6) is 5.75 Å². The smallest absolute Gasteiger partial charge is 0.202 e. The Morgan fingerprint density at radius 3 is 1.95 bits per heavy atom. The fourth-order valence-corrected chi connectivity index (χ4v) is 2.55. The van der Waals surface area contributed by atoms with Crippen molar-refractivity contribution in [3.63, 3.8) is 0 Å². The highest BCUT2D eigenvalue weighted by atomic mass is 16.7. The lowest BCUT2D eigenvalue weighted by atomic mass is 9.78. The quantitative estimate of drug-likeness (QED) is 0.825. The molecule has 2 aromatic carbocycles. The molecule has 1 saturated heterocycles.